The van der Waals surface area contributed by atoms with Crippen molar-refractivity contribution in [3.05, 3.63) is 33.1 Å². The van der Waals surface area contributed by atoms with Crippen molar-refractivity contribution in [1.82, 2.24) is 14.6 Å². The van der Waals surface area contributed by atoms with Crippen molar-refractivity contribution in [3.8, 4) is 0 Å². The van der Waals surface area contributed by atoms with Crippen molar-refractivity contribution in [2.75, 3.05) is 13.2 Å². The minimum Gasteiger partial charge on any atom is -0.462 e. The van der Waals surface area contributed by atoms with Crippen LogP contribution >= 0.6 is 7.75 Å². The van der Waals surface area contributed by atoms with Gasteiger partial charge in [0.25, 0.3) is 5.56 Å². The third-order valence-electron chi connectivity index (χ3n) is 4.55. The summed E-state index contributed by atoms with van der Waals surface area (Å²) in [6.45, 7) is 4.45. The quantitative estimate of drug-likeness (QED) is 0.408. The van der Waals surface area contributed by atoms with Gasteiger partial charge in [-0.2, -0.15) is 0 Å². The lowest BCUT2D eigenvalue weighted by Gasteiger charge is -2.23. The highest BCUT2D eigenvalue weighted by Gasteiger charge is 2.49. The summed E-state index contributed by atoms with van der Waals surface area (Å²) in [7, 11) is -3.86. The van der Waals surface area contributed by atoms with Gasteiger partial charge in [0.15, 0.2) is 6.23 Å². The summed E-state index contributed by atoms with van der Waals surface area (Å²) >= 11 is 0. The van der Waals surface area contributed by atoms with Gasteiger partial charge in [0.05, 0.1) is 25.4 Å². The van der Waals surface area contributed by atoms with Crippen LogP contribution in [0.25, 0.3) is 0 Å². The van der Waals surface area contributed by atoms with Crippen LogP contribution in [0.4, 0.5) is 0 Å². The van der Waals surface area contributed by atoms with Crippen LogP contribution in [0.15, 0.2) is 21.9 Å². The number of esters is 1. The van der Waals surface area contributed by atoms with E-state index in [1.807, 2.05) is 0 Å². The summed E-state index contributed by atoms with van der Waals surface area (Å²) in [6.07, 6.45) is -2.07. The Bertz CT molecular complexity index is 913. The summed E-state index contributed by atoms with van der Waals surface area (Å²) in [4.78, 5) is 37.2. The molecule has 0 spiro atoms. The first-order valence-corrected chi connectivity index (χ1v) is 10.7. The Hall–Kier alpha value is -1.82. The van der Waals surface area contributed by atoms with Gasteiger partial charge >= 0.3 is 19.4 Å². The number of hydrogen-bond donors (Lipinski definition) is 3. The number of aliphatic hydroxyl groups excluding tert-OH is 1. The van der Waals surface area contributed by atoms with E-state index < -0.39 is 55.4 Å². The number of ether oxygens (including phenoxy) is 2. The topological polar surface area (TPSA) is 158 Å². The zero-order chi connectivity index (χ0) is 21.3. The zero-order valence-corrected chi connectivity index (χ0v) is 17.0. The van der Waals surface area contributed by atoms with Crippen LogP contribution in [-0.4, -0.2) is 58.2 Å². The third kappa shape index (κ3) is 4.85. The van der Waals surface area contributed by atoms with Crippen molar-refractivity contribution in [2.24, 2.45) is 5.92 Å². The molecule has 0 bridgehead atoms. The molecule has 3 N–H and O–H groups in total. The summed E-state index contributed by atoms with van der Waals surface area (Å²) in [5.41, 5.74) is -1.30. The van der Waals surface area contributed by atoms with E-state index >= 15 is 0 Å². The molecule has 3 heterocycles. The second-order valence-corrected chi connectivity index (χ2v) is 8.93. The van der Waals surface area contributed by atoms with Crippen molar-refractivity contribution in [3.63, 3.8) is 0 Å². The van der Waals surface area contributed by atoms with Crippen LogP contribution < -0.4 is 16.3 Å². The van der Waals surface area contributed by atoms with Gasteiger partial charge in [-0.15, -0.1) is 0 Å². The summed E-state index contributed by atoms with van der Waals surface area (Å²) in [6, 6.07) is 0.188. The molecule has 12 nitrogen and oxygen atoms in total. The van der Waals surface area contributed by atoms with Crippen LogP contribution in [0.2, 0.25) is 0 Å². The number of nitrogens with one attached hydrogen (secondary N) is 2. The van der Waals surface area contributed by atoms with Crippen LogP contribution in [0.1, 0.15) is 27.0 Å². The molecule has 13 heteroatoms. The molecule has 6 atom stereocenters. The Balaban J connectivity index is 1.68. The number of hydrogen-bond acceptors (Lipinski definition) is 9. The molecule has 2 saturated heterocycles. The number of rotatable bonds is 5. The van der Waals surface area contributed by atoms with Crippen molar-refractivity contribution in [2.45, 2.75) is 51.4 Å². The molecule has 0 aliphatic carbocycles. The molecule has 0 amide bonds. The molecule has 1 aromatic rings. The predicted octanol–water partition coefficient (Wildman–Crippen LogP) is -0.504. The van der Waals surface area contributed by atoms with E-state index in [0.717, 1.165) is 10.6 Å². The monoisotopic (exact) mass is 433 g/mol. The van der Waals surface area contributed by atoms with Gasteiger partial charge in [0.1, 0.15) is 12.1 Å². The number of aromatic nitrogens is 2. The maximum Gasteiger partial charge on any atom is 0.406 e. The number of H-pyrrole nitrogens is 1. The number of carbonyl (C=O) groups excluding carboxylic acids is 1. The van der Waals surface area contributed by atoms with Gasteiger partial charge in [-0.3, -0.25) is 28.2 Å². The maximum atomic E-state index is 12.8. The number of carbonyl (C=O) groups is 1. The first-order chi connectivity index (χ1) is 13.6. The van der Waals surface area contributed by atoms with Gasteiger partial charge in [-0.25, -0.2) is 14.4 Å². The Morgan fingerprint density at radius 2 is 2.03 bits per heavy atom. The molecule has 29 heavy (non-hydrogen) atoms. The zero-order valence-electron chi connectivity index (χ0n) is 16.1. The first-order valence-electron chi connectivity index (χ1n) is 9.12. The largest absolute Gasteiger partial charge is 0.462 e. The molecule has 0 saturated carbocycles. The first kappa shape index (κ1) is 21.9. The molecule has 3 rings (SSSR count). The van der Waals surface area contributed by atoms with Crippen LogP contribution in [-0.2, 0) is 27.9 Å². The highest BCUT2D eigenvalue weighted by Crippen LogP contribution is 2.50. The van der Waals surface area contributed by atoms with Gasteiger partial charge < -0.3 is 14.6 Å². The van der Waals surface area contributed by atoms with E-state index in [9.17, 15) is 24.1 Å². The fourth-order valence-electron chi connectivity index (χ4n) is 3.11. The number of fused-ring (bicyclic) bond motifs is 1. The van der Waals surface area contributed by atoms with E-state index in [-0.39, 0.29) is 19.3 Å². The summed E-state index contributed by atoms with van der Waals surface area (Å²) < 4.78 is 35.4. The number of aromatic amines is 1. The molecule has 0 aromatic carbocycles. The van der Waals surface area contributed by atoms with Crippen LogP contribution in [0.3, 0.4) is 0 Å². The second-order valence-electron chi connectivity index (χ2n) is 7.16. The molecule has 2 aliphatic rings. The highest BCUT2D eigenvalue weighted by molar-refractivity contribution is 7.51. The van der Waals surface area contributed by atoms with E-state index in [2.05, 4.69) is 10.1 Å². The average molecular weight is 433 g/mol. The smallest absolute Gasteiger partial charge is 0.406 e. The Morgan fingerprint density at radius 1 is 1.34 bits per heavy atom. The fourth-order valence-corrected chi connectivity index (χ4v) is 4.63. The average Bonchev–Trinajstić information content (AvgIpc) is 2.83. The minimum absolute atomic E-state index is 0.198. The van der Waals surface area contributed by atoms with Crippen LogP contribution in [0, 0.1) is 5.92 Å². The Kier molecular flexibility index (Phi) is 6.42. The lowest BCUT2D eigenvalue weighted by molar-refractivity contribution is -0.149. The predicted molar refractivity (Wildman–Crippen MR) is 98.1 cm³/mol. The SMILES string of the molecule is CC(C)OC(=O)[C@@H](C)N[P@]1(=O)OC[C@H]2[C@@H](O)[C@H](n3ccc(=O)[nH]c3=O)O[C@@H]2CO1. The highest BCUT2D eigenvalue weighted by atomic mass is 31.2. The molecule has 1 aromatic heterocycles. The van der Waals surface area contributed by atoms with Gasteiger partial charge in [0, 0.05) is 18.2 Å². The fraction of sp³-hybridized carbons (Fsp3) is 0.688. The van der Waals surface area contributed by atoms with Gasteiger partial charge in [0.2, 0.25) is 0 Å². The summed E-state index contributed by atoms with van der Waals surface area (Å²) in [5.74, 6) is -1.25. The Morgan fingerprint density at radius 3 is 2.69 bits per heavy atom. The number of nitrogens with zero attached hydrogens (tertiary/aromatic N) is 1. The second kappa shape index (κ2) is 8.50. The van der Waals surface area contributed by atoms with Crippen LogP contribution in [0.5, 0.6) is 0 Å². The molecule has 2 fully saturated rings. The molecular weight excluding hydrogens is 409 g/mol. The lowest BCUT2D eigenvalue weighted by atomic mass is 9.99. The lowest BCUT2D eigenvalue weighted by Crippen LogP contribution is -2.37. The molecule has 0 radical (unpaired) electrons. The van der Waals surface area contributed by atoms with Crippen molar-refractivity contribution in [1.29, 1.82) is 0 Å². The Labute approximate surface area is 165 Å². The van der Waals surface area contributed by atoms with E-state index in [0.29, 0.717) is 0 Å². The minimum atomic E-state index is -3.86. The standard InChI is InChI=1S/C16H24N3O9P/c1-8(2)27-15(22)9(3)18-29(24)25-6-10-11(7-26-29)28-14(13(10)21)19-5-4-12(20)17-16(19)23/h4-5,8-11,13-14,21H,6-7H2,1-3H3,(H,18,24)(H,17,20,23)/t9-,10-,11-,13-,14-,29+/m1/s1. The van der Waals surface area contributed by atoms with Gasteiger partial charge in [-0.1, -0.05) is 0 Å². The van der Waals surface area contributed by atoms with E-state index in [4.69, 9.17) is 18.5 Å². The van der Waals surface area contributed by atoms with Gasteiger partial charge in [-0.05, 0) is 20.8 Å². The van der Waals surface area contributed by atoms with E-state index in [1.54, 1.807) is 13.8 Å². The molecule has 2 aliphatic heterocycles. The third-order valence-corrected chi connectivity index (χ3v) is 6.23. The molecular formula is C16H24N3O9P. The maximum absolute atomic E-state index is 12.8. The molecule has 0 unspecified atom stereocenters. The van der Waals surface area contributed by atoms with Crippen molar-refractivity contribution < 1.29 is 33.0 Å². The molecule has 162 valence electrons. The van der Waals surface area contributed by atoms with Crippen molar-refractivity contribution >= 4 is 13.7 Å². The van der Waals surface area contributed by atoms with E-state index in [1.165, 1.54) is 13.1 Å². The summed E-state index contributed by atoms with van der Waals surface area (Å²) in [5, 5.41) is 13.1. The normalized spacial score (nSPS) is 33.1. The number of aliphatic hydroxyl groups is 1.